The summed E-state index contributed by atoms with van der Waals surface area (Å²) in [7, 11) is 0. The number of anilines is 1. The second kappa shape index (κ2) is 3.08. The maximum absolute atomic E-state index is 8.64. The van der Waals surface area contributed by atoms with Crippen LogP contribution in [0, 0.1) is 11.3 Å². The third kappa shape index (κ3) is 1.36. The van der Waals surface area contributed by atoms with Crippen LogP contribution < -0.4 is 11.1 Å². The molecule has 66 valence electrons. The minimum Gasteiger partial charge on any atom is -0.398 e. The van der Waals surface area contributed by atoms with Gasteiger partial charge in [-0.25, -0.2) is 0 Å². The van der Waals surface area contributed by atoms with E-state index >= 15 is 0 Å². The minimum atomic E-state index is 0.396. The zero-order chi connectivity index (χ0) is 9.26. The summed E-state index contributed by atoms with van der Waals surface area (Å²) in [5.41, 5.74) is 8.28. The third-order valence-corrected chi connectivity index (χ3v) is 2.42. The average Bonchev–Trinajstić information content (AvgIpc) is 2.05. The van der Waals surface area contributed by atoms with Crippen LogP contribution in [-0.4, -0.2) is 6.54 Å². The lowest BCUT2D eigenvalue weighted by Crippen LogP contribution is -2.35. The van der Waals surface area contributed by atoms with Crippen molar-refractivity contribution in [3.8, 4) is 6.07 Å². The van der Waals surface area contributed by atoms with E-state index in [2.05, 4.69) is 11.4 Å². The number of nitrogens with two attached hydrogens (primary N) is 1. The van der Waals surface area contributed by atoms with Crippen molar-refractivity contribution >= 4 is 5.69 Å². The van der Waals surface area contributed by atoms with E-state index in [1.165, 1.54) is 0 Å². The molecule has 0 aromatic heterocycles. The van der Waals surface area contributed by atoms with Crippen LogP contribution >= 0.6 is 0 Å². The van der Waals surface area contributed by atoms with E-state index in [-0.39, 0.29) is 0 Å². The molecule has 1 aromatic carbocycles. The Hall–Kier alpha value is -1.53. The molecule has 1 heterocycles. The predicted molar refractivity (Wildman–Crippen MR) is 50.9 cm³/mol. The van der Waals surface area contributed by atoms with Crippen LogP contribution in [0.4, 0.5) is 5.69 Å². The molecule has 3 N–H and O–H groups in total. The zero-order valence-electron chi connectivity index (χ0n) is 7.25. The van der Waals surface area contributed by atoms with E-state index < -0.39 is 0 Å². The van der Waals surface area contributed by atoms with Gasteiger partial charge in [-0.3, -0.25) is 0 Å². The van der Waals surface area contributed by atoms with Gasteiger partial charge in [-0.05, 0) is 30.7 Å². The molecule has 3 heteroatoms. The van der Waals surface area contributed by atoms with Crippen LogP contribution in [0.25, 0.3) is 0 Å². The van der Waals surface area contributed by atoms with E-state index in [4.69, 9.17) is 11.0 Å². The van der Waals surface area contributed by atoms with Gasteiger partial charge in [0.1, 0.15) is 0 Å². The lowest BCUT2D eigenvalue weighted by atomic mass is 9.95. The SMILES string of the molecule is N#Cc1ccc([C@@H]2CCN2)c(N)c1. The fourth-order valence-electron chi connectivity index (χ4n) is 1.52. The van der Waals surface area contributed by atoms with Crippen molar-refractivity contribution in [2.24, 2.45) is 0 Å². The molecule has 3 nitrogen and oxygen atoms in total. The first kappa shape index (κ1) is 8.09. The summed E-state index contributed by atoms with van der Waals surface area (Å²) in [4.78, 5) is 0. The van der Waals surface area contributed by atoms with Crippen LogP contribution in [0.2, 0.25) is 0 Å². The van der Waals surface area contributed by atoms with Crippen LogP contribution in [0.5, 0.6) is 0 Å². The Morgan fingerprint density at radius 1 is 1.54 bits per heavy atom. The summed E-state index contributed by atoms with van der Waals surface area (Å²) in [5.74, 6) is 0. The first-order chi connectivity index (χ1) is 6.31. The molecular weight excluding hydrogens is 162 g/mol. The maximum Gasteiger partial charge on any atom is 0.0992 e. The normalized spacial score (nSPS) is 20.4. The summed E-state index contributed by atoms with van der Waals surface area (Å²) >= 11 is 0. The number of nitrogens with one attached hydrogen (secondary N) is 1. The van der Waals surface area contributed by atoms with Crippen LogP contribution in [0.3, 0.4) is 0 Å². The van der Waals surface area contributed by atoms with Gasteiger partial charge in [0.15, 0.2) is 0 Å². The Morgan fingerprint density at radius 2 is 2.31 bits per heavy atom. The molecule has 0 unspecified atom stereocenters. The quantitative estimate of drug-likeness (QED) is 0.627. The summed E-state index contributed by atoms with van der Waals surface area (Å²) in [6.45, 7) is 1.06. The van der Waals surface area contributed by atoms with Gasteiger partial charge in [0.05, 0.1) is 11.6 Å². The van der Waals surface area contributed by atoms with Crippen molar-refractivity contribution in [2.75, 3.05) is 12.3 Å². The standard InChI is InChI=1S/C10H11N3/c11-6-7-1-2-8(9(12)5-7)10-3-4-13-10/h1-2,5,10,13H,3-4,12H2/t10-/m0/s1. The number of benzene rings is 1. The topological polar surface area (TPSA) is 61.8 Å². The number of hydrogen-bond acceptors (Lipinski definition) is 3. The molecule has 0 aliphatic carbocycles. The van der Waals surface area contributed by atoms with Crippen molar-refractivity contribution < 1.29 is 0 Å². The van der Waals surface area contributed by atoms with Crippen LogP contribution in [0.1, 0.15) is 23.6 Å². The number of hydrogen-bond donors (Lipinski definition) is 2. The van der Waals surface area contributed by atoms with Crippen molar-refractivity contribution in [1.29, 1.82) is 5.26 Å². The van der Waals surface area contributed by atoms with E-state index in [1.54, 1.807) is 6.07 Å². The van der Waals surface area contributed by atoms with Gasteiger partial charge in [0, 0.05) is 11.7 Å². The van der Waals surface area contributed by atoms with Gasteiger partial charge in [0.2, 0.25) is 0 Å². The fourth-order valence-corrected chi connectivity index (χ4v) is 1.52. The molecule has 2 rings (SSSR count). The molecule has 1 saturated heterocycles. The van der Waals surface area contributed by atoms with E-state index in [9.17, 15) is 0 Å². The molecular formula is C10H11N3. The van der Waals surface area contributed by atoms with Gasteiger partial charge < -0.3 is 11.1 Å². The molecule has 1 fully saturated rings. The Kier molecular flexibility index (Phi) is 1.91. The number of nitrogen functional groups attached to an aromatic ring is 1. The highest BCUT2D eigenvalue weighted by Gasteiger charge is 2.20. The zero-order valence-corrected chi connectivity index (χ0v) is 7.25. The molecule has 1 aliphatic heterocycles. The molecule has 0 spiro atoms. The van der Waals surface area contributed by atoms with E-state index in [0.29, 0.717) is 11.6 Å². The maximum atomic E-state index is 8.64. The summed E-state index contributed by atoms with van der Waals surface area (Å²) in [6.07, 6.45) is 1.14. The third-order valence-electron chi connectivity index (χ3n) is 2.42. The van der Waals surface area contributed by atoms with Gasteiger partial charge >= 0.3 is 0 Å². The summed E-state index contributed by atoms with van der Waals surface area (Å²) in [5, 5.41) is 11.9. The molecule has 1 aliphatic rings. The van der Waals surface area contributed by atoms with Crippen molar-refractivity contribution in [3.05, 3.63) is 29.3 Å². The molecule has 1 aromatic rings. The van der Waals surface area contributed by atoms with Crippen molar-refractivity contribution in [2.45, 2.75) is 12.5 Å². The Labute approximate surface area is 77.2 Å². The molecule has 13 heavy (non-hydrogen) atoms. The van der Waals surface area contributed by atoms with E-state index in [1.807, 2.05) is 12.1 Å². The lowest BCUT2D eigenvalue weighted by Gasteiger charge is -2.29. The number of nitrogens with zero attached hydrogens (tertiary/aromatic N) is 1. The Bertz CT molecular complexity index is 361. The van der Waals surface area contributed by atoms with Crippen LogP contribution in [0.15, 0.2) is 18.2 Å². The largest absolute Gasteiger partial charge is 0.398 e. The Morgan fingerprint density at radius 3 is 2.77 bits per heavy atom. The summed E-state index contributed by atoms with van der Waals surface area (Å²) in [6, 6.07) is 7.94. The fraction of sp³-hybridized carbons (Fsp3) is 0.300. The Balaban J connectivity index is 2.32. The molecule has 0 saturated carbocycles. The highest BCUT2D eigenvalue weighted by molar-refractivity contribution is 5.53. The predicted octanol–water partition coefficient (Wildman–Crippen LogP) is 1.17. The van der Waals surface area contributed by atoms with Crippen LogP contribution in [-0.2, 0) is 0 Å². The summed E-state index contributed by atoms with van der Waals surface area (Å²) < 4.78 is 0. The second-order valence-electron chi connectivity index (χ2n) is 3.25. The van der Waals surface area contributed by atoms with Gasteiger partial charge in [0.25, 0.3) is 0 Å². The highest BCUT2D eigenvalue weighted by atomic mass is 15.0. The molecule has 0 radical (unpaired) electrons. The average molecular weight is 173 g/mol. The number of nitriles is 1. The highest BCUT2D eigenvalue weighted by Crippen LogP contribution is 2.27. The first-order valence-electron chi connectivity index (χ1n) is 4.34. The minimum absolute atomic E-state index is 0.396. The van der Waals surface area contributed by atoms with Gasteiger partial charge in [-0.15, -0.1) is 0 Å². The molecule has 1 atom stereocenters. The van der Waals surface area contributed by atoms with Gasteiger partial charge in [-0.2, -0.15) is 5.26 Å². The van der Waals surface area contributed by atoms with Gasteiger partial charge in [-0.1, -0.05) is 6.07 Å². The number of rotatable bonds is 1. The van der Waals surface area contributed by atoms with E-state index in [0.717, 1.165) is 24.2 Å². The van der Waals surface area contributed by atoms with Crippen molar-refractivity contribution in [3.63, 3.8) is 0 Å². The molecule has 0 bridgehead atoms. The smallest absolute Gasteiger partial charge is 0.0992 e. The van der Waals surface area contributed by atoms with Crippen molar-refractivity contribution in [1.82, 2.24) is 5.32 Å². The first-order valence-corrected chi connectivity index (χ1v) is 4.34. The lowest BCUT2D eigenvalue weighted by molar-refractivity contribution is 0.384. The second-order valence-corrected chi connectivity index (χ2v) is 3.25. The monoisotopic (exact) mass is 173 g/mol. The molecule has 0 amide bonds.